The number of nitrogens with one attached hydrogen (secondary N) is 2. The zero-order valence-electron chi connectivity index (χ0n) is 19.3. The highest BCUT2D eigenvalue weighted by Crippen LogP contribution is 2.52. The van der Waals surface area contributed by atoms with Crippen LogP contribution < -0.4 is 10.6 Å². The lowest BCUT2D eigenvalue weighted by atomic mass is 9.61. The zero-order valence-corrected chi connectivity index (χ0v) is 19.3. The summed E-state index contributed by atoms with van der Waals surface area (Å²) in [6.07, 6.45) is 7.79. The van der Waals surface area contributed by atoms with Crippen molar-refractivity contribution in [3.63, 3.8) is 0 Å². The lowest BCUT2D eigenvalue weighted by molar-refractivity contribution is -0.138. The smallest absolute Gasteiger partial charge is 0.315 e. The number of rotatable bonds is 5. The maximum absolute atomic E-state index is 12.9. The summed E-state index contributed by atoms with van der Waals surface area (Å²) in [5, 5.41) is 6.40. The van der Waals surface area contributed by atoms with Gasteiger partial charge in [0.25, 0.3) is 0 Å². The largest absolute Gasteiger partial charge is 0.337 e. The third-order valence-electron chi connectivity index (χ3n) is 8.27. The van der Waals surface area contributed by atoms with Crippen LogP contribution in [0.25, 0.3) is 0 Å². The van der Waals surface area contributed by atoms with E-state index in [1.54, 1.807) is 0 Å². The normalized spacial score (nSPS) is 29.0. The molecule has 1 spiro atoms. The summed E-state index contributed by atoms with van der Waals surface area (Å²) in [6, 6.07) is 20.7. The average molecular weight is 446 g/mol. The first-order chi connectivity index (χ1) is 16.2. The Morgan fingerprint density at radius 1 is 0.939 bits per heavy atom. The van der Waals surface area contributed by atoms with Gasteiger partial charge in [0.15, 0.2) is 0 Å². The minimum Gasteiger partial charge on any atom is -0.337 e. The van der Waals surface area contributed by atoms with E-state index in [1.165, 1.54) is 5.56 Å². The number of urea groups is 1. The number of amides is 3. The first-order valence-corrected chi connectivity index (χ1v) is 12.6. The molecule has 4 atom stereocenters. The van der Waals surface area contributed by atoms with Crippen molar-refractivity contribution in [1.29, 1.82) is 0 Å². The number of nitrogens with zero attached hydrogens (tertiary/aromatic N) is 1. The molecule has 2 heterocycles. The molecule has 5 rings (SSSR count). The summed E-state index contributed by atoms with van der Waals surface area (Å²) in [5.41, 5.74) is 2.40. The molecule has 3 fully saturated rings. The van der Waals surface area contributed by atoms with Crippen LogP contribution in [0.5, 0.6) is 0 Å². The Kier molecular flexibility index (Phi) is 6.39. The van der Waals surface area contributed by atoms with E-state index in [0.29, 0.717) is 30.7 Å². The van der Waals surface area contributed by atoms with E-state index in [2.05, 4.69) is 45.9 Å². The molecular weight excluding hydrogens is 410 g/mol. The second-order valence-electron chi connectivity index (χ2n) is 10.1. The summed E-state index contributed by atoms with van der Waals surface area (Å²) < 4.78 is 0. The Morgan fingerprint density at radius 2 is 1.67 bits per heavy atom. The van der Waals surface area contributed by atoms with E-state index < -0.39 is 0 Å². The number of carbonyl (C=O) groups excluding carboxylic acids is 2. The summed E-state index contributed by atoms with van der Waals surface area (Å²) in [4.78, 5) is 28.1. The van der Waals surface area contributed by atoms with Crippen molar-refractivity contribution in [3.05, 3.63) is 71.8 Å². The Hall–Kier alpha value is -2.82. The van der Waals surface area contributed by atoms with Gasteiger partial charge in [-0.1, -0.05) is 60.7 Å². The van der Waals surface area contributed by atoms with Crippen molar-refractivity contribution in [2.75, 3.05) is 6.54 Å². The average Bonchev–Trinajstić information content (AvgIpc) is 3.21. The van der Waals surface area contributed by atoms with Gasteiger partial charge in [-0.25, -0.2) is 4.79 Å². The molecule has 2 aliphatic heterocycles. The van der Waals surface area contributed by atoms with Gasteiger partial charge in [-0.05, 0) is 67.9 Å². The van der Waals surface area contributed by atoms with Gasteiger partial charge >= 0.3 is 6.03 Å². The summed E-state index contributed by atoms with van der Waals surface area (Å²) >= 11 is 0. The number of benzene rings is 2. The molecule has 0 bridgehead atoms. The van der Waals surface area contributed by atoms with Gasteiger partial charge in [0.1, 0.15) is 0 Å². The van der Waals surface area contributed by atoms with Crippen LogP contribution in [0.1, 0.15) is 56.1 Å². The van der Waals surface area contributed by atoms with Gasteiger partial charge in [-0.15, -0.1) is 0 Å². The van der Waals surface area contributed by atoms with Crippen LogP contribution in [-0.4, -0.2) is 35.0 Å². The Balaban J connectivity index is 1.36. The summed E-state index contributed by atoms with van der Waals surface area (Å²) in [7, 11) is 0. The maximum atomic E-state index is 12.9. The van der Waals surface area contributed by atoms with Gasteiger partial charge < -0.3 is 15.5 Å². The number of hydrogen-bond donors (Lipinski definition) is 2. The molecule has 5 heteroatoms. The van der Waals surface area contributed by atoms with Crippen molar-refractivity contribution in [1.82, 2.24) is 15.5 Å². The van der Waals surface area contributed by atoms with Crippen LogP contribution in [0, 0.1) is 11.8 Å². The van der Waals surface area contributed by atoms with E-state index in [4.69, 9.17) is 0 Å². The second kappa shape index (κ2) is 9.58. The van der Waals surface area contributed by atoms with E-state index in [9.17, 15) is 9.59 Å². The maximum Gasteiger partial charge on any atom is 0.315 e. The van der Waals surface area contributed by atoms with Crippen LogP contribution in [0.4, 0.5) is 4.79 Å². The van der Waals surface area contributed by atoms with Gasteiger partial charge in [0.05, 0.1) is 0 Å². The van der Waals surface area contributed by atoms with Crippen molar-refractivity contribution in [2.24, 2.45) is 11.8 Å². The van der Waals surface area contributed by atoms with Crippen LogP contribution in [0.15, 0.2) is 60.7 Å². The first kappa shape index (κ1) is 22.0. The van der Waals surface area contributed by atoms with Gasteiger partial charge in [-0.3, -0.25) is 4.79 Å². The number of carbonyl (C=O) groups is 2. The molecule has 2 aromatic rings. The Bertz CT molecular complexity index is 964. The molecular formula is C28H35N3O2. The minimum absolute atomic E-state index is 0.00821. The van der Waals surface area contributed by atoms with E-state index in [1.807, 2.05) is 30.3 Å². The molecule has 5 nitrogen and oxygen atoms in total. The standard InChI is InChI=1S/C28H35N3O2/c32-26-14-7-13-24-23(19-21-9-3-1-4-10-21)25(15-17-28(24)16-8-18-31(26)28)30-27(33)29-20-22-11-5-2-6-12-22/h1-6,9-12,23-25H,7-8,13-20H2,(H2,29,30,33)/t23?,24-,25-,28+/m0/s1. The van der Waals surface area contributed by atoms with Crippen molar-refractivity contribution < 1.29 is 9.59 Å². The first-order valence-electron chi connectivity index (χ1n) is 12.6. The van der Waals surface area contributed by atoms with E-state index >= 15 is 0 Å². The molecule has 1 unspecified atom stereocenters. The van der Waals surface area contributed by atoms with Gasteiger partial charge in [-0.2, -0.15) is 0 Å². The summed E-state index contributed by atoms with van der Waals surface area (Å²) in [5.74, 6) is 1.11. The zero-order chi connectivity index (χ0) is 22.7. The van der Waals surface area contributed by atoms with Crippen LogP contribution in [-0.2, 0) is 17.8 Å². The van der Waals surface area contributed by atoms with Crippen molar-refractivity contribution in [3.8, 4) is 0 Å². The Labute approximate surface area is 196 Å². The van der Waals surface area contributed by atoms with E-state index in [-0.39, 0.29) is 17.6 Å². The SMILES string of the molecule is O=C(NCc1ccccc1)N[C@H]1CC[C@@]23CCCN2C(=O)CCC[C@H]3C1Cc1ccccc1. The molecule has 0 radical (unpaired) electrons. The lowest BCUT2D eigenvalue weighted by Crippen LogP contribution is -2.61. The topological polar surface area (TPSA) is 61.4 Å². The highest BCUT2D eigenvalue weighted by Gasteiger charge is 2.56. The van der Waals surface area contributed by atoms with Crippen LogP contribution in [0.3, 0.4) is 0 Å². The molecule has 2 saturated heterocycles. The van der Waals surface area contributed by atoms with Crippen molar-refractivity contribution >= 4 is 11.9 Å². The lowest BCUT2D eigenvalue weighted by Gasteiger charge is -2.53. The fraction of sp³-hybridized carbons (Fsp3) is 0.500. The summed E-state index contributed by atoms with van der Waals surface area (Å²) in [6.45, 7) is 1.43. The third-order valence-corrected chi connectivity index (χ3v) is 8.27. The molecule has 0 aromatic heterocycles. The molecule has 2 aromatic carbocycles. The van der Waals surface area contributed by atoms with Gasteiger partial charge in [0, 0.05) is 31.1 Å². The predicted molar refractivity (Wildman–Crippen MR) is 129 cm³/mol. The minimum atomic E-state index is -0.0918. The molecule has 33 heavy (non-hydrogen) atoms. The highest BCUT2D eigenvalue weighted by atomic mass is 16.2. The molecule has 3 amide bonds. The monoisotopic (exact) mass is 445 g/mol. The molecule has 1 aliphatic carbocycles. The van der Waals surface area contributed by atoms with Crippen LogP contribution in [0.2, 0.25) is 0 Å². The molecule has 3 aliphatic rings. The fourth-order valence-electron chi connectivity index (χ4n) is 6.84. The predicted octanol–water partition coefficient (Wildman–Crippen LogP) is 4.67. The highest BCUT2D eigenvalue weighted by molar-refractivity contribution is 5.78. The van der Waals surface area contributed by atoms with Crippen molar-refractivity contribution in [2.45, 2.75) is 69.5 Å². The van der Waals surface area contributed by atoms with Crippen LogP contribution >= 0.6 is 0 Å². The molecule has 174 valence electrons. The number of hydrogen-bond acceptors (Lipinski definition) is 2. The van der Waals surface area contributed by atoms with Gasteiger partial charge in [0.2, 0.25) is 5.91 Å². The Morgan fingerprint density at radius 3 is 2.42 bits per heavy atom. The fourth-order valence-corrected chi connectivity index (χ4v) is 6.84. The molecule has 1 saturated carbocycles. The third kappa shape index (κ3) is 4.50. The van der Waals surface area contributed by atoms with E-state index in [0.717, 1.165) is 57.1 Å². The second-order valence-corrected chi connectivity index (χ2v) is 10.1. The quantitative estimate of drug-likeness (QED) is 0.703. The molecule has 2 N–H and O–H groups in total.